The van der Waals surface area contributed by atoms with Crippen molar-refractivity contribution in [3.63, 3.8) is 0 Å². The fourth-order valence-corrected chi connectivity index (χ4v) is 3.13. The van der Waals surface area contributed by atoms with Gasteiger partial charge in [-0.05, 0) is 46.5 Å². The molecule has 0 saturated carbocycles. The molecule has 1 aromatic rings. The Morgan fingerprint density at radius 2 is 2.25 bits per heavy atom. The minimum atomic E-state index is -0.435. The van der Waals surface area contributed by atoms with E-state index >= 15 is 0 Å². The molecule has 0 aromatic carbocycles. The molecule has 0 bridgehead atoms. The molecule has 2 unspecified atom stereocenters. The van der Waals surface area contributed by atoms with Crippen molar-refractivity contribution >= 4 is 6.09 Å². The number of likely N-dealkylation sites (tertiary alicyclic amines) is 1. The number of piperidine rings is 1. The fourth-order valence-electron chi connectivity index (χ4n) is 3.13. The number of amides is 1. The van der Waals surface area contributed by atoms with E-state index in [2.05, 4.69) is 21.8 Å². The zero-order chi connectivity index (χ0) is 17.7. The number of imidazole rings is 1. The molecule has 1 aliphatic heterocycles. The first kappa shape index (κ1) is 18.8. The van der Waals surface area contributed by atoms with E-state index in [1.54, 1.807) is 0 Å². The third-order valence-corrected chi connectivity index (χ3v) is 4.55. The minimum absolute atomic E-state index is 0.188. The second-order valence-corrected chi connectivity index (χ2v) is 7.78. The maximum absolute atomic E-state index is 12.3. The molecule has 2 rings (SSSR count). The van der Waals surface area contributed by atoms with E-state index in [4.69, 9.17) is 4.74 Å². The highest BCUT2D eigenvalue weighted by Crippen LogP contribution is 2.21. The van der Waals surface area contributed by atoms with E-state index in [0.29, 0.717) is 12.0 Å². The molecule has 1 saturated heterocycles. The van der Waals surface area contributed by atoms with Gasteiger partial charge in [-0.2, -0.15) is 0 Å². The van der Waals surface area contributed by atoms with Gasteiger partial charge in [0.05, 0.1) is 0 Å². The molecule has 1 aliphatic rings. The Balaban J connectivity index is 1.78. The van der Waals surface area contributed by atoms with Crippen molar-refractivity contribution in [2.24, 2.45) is 13.0 Å². The molecule has 6 heteroatoms. The Morgan fingerprint density at radius 1 is 1.50 bits per heavy atom. The second-order valence-electron chi connectivity index (χ2n) is 7.78. The average molecular weight is 336 g/mol. The summed E-state index contributed by atoms with van der Waals surface area (Å²) in [5, 5.41) is 3.59. The van der Waals surface area contributed by atoms with Crippen LogP contribution in [0.2, 0.25) is 0 Å². The molecule has 136 valence electrons. The molecule has 2 heterocycles. The van der Waals surface area contributed by atoms with E-state index in [1.807, 2.05) is 45.1 Å². The van der Waals surface area contributed by atoms with Crippen molar-refractivity contribution in [1.29, 1.82) is 0 Å². The van der Waals surface area contributed by atoms with Gasteiger partial charge in [-0.25, -0.2) is 9.78 Å². The van der Waals surface area contributed by atoms with Gasteiger partial charge in [-0.3, -0.25) is 0 Å². The van der Waals surface area contributed by atoms with Crippen LogP contribution in [-0.2, 0) is 18.2 Å². The predicted octanol–water partition coefficient (Wildman–Crippen LogP) is 2.59. The number of hydrogen-bond acceptors (Lipinski definition) is 4. The van der Waals surface area contributed by atoms with Crippen LogP contribution >= 0.6 is 0 Å². The molecular weight excluding hydrogens is 304 g/mol. The second kappa shape index (κ2) is 8.01. The number of nitrogens with one attached hydrogen (secondary N) is 1. The number of hydrogen-bond donors (Lipinski definition) is 1. The molecule has 24 heavy (non-hydrogen) atoms. The summed E-state index contributed by atoms with van der Waals surface area (Å²) in [5.74, 6) is 1.56. The number of carbonyl (C=O) groups is 1. The van der Waals surface area contributed by atoms with Gasteiger partial charge in [0.1, 0.15) is 11.4 Å². The summed E-state index contributed by atoms with van der Waals surface area (Å²) in [7, 11) is 2.02. The summed E-state index contributed by atoms with van der Waals surface area (Å²) >= 11 is 0. The summed E-state index contributed by atoms with van der Waals surface area (Å²) in [6, 6.07) is 0.371. The largest absolute Gasteiger partial charge is 0.444 e. The standard InChI is InChI=1S/C18H32N4O2/c1-14(19-9-8-16-20-10-12-21(16)5)15-7-6-11-22(13-15)17(23)24-18(2,3)4/h10,12,14-15,19H,6-9,11,13H2,1-5H3. The third kappa shape index (κ3) is 5.51. The Kier molecular flexibility index (Phi) is 6.27. The predicted molar refractivity (Wildman–Crippen MR) is 94.9 cm³/mol. The van der Waals surface area contributed by atoms with Crippen LogP contribution in [0.15, 0.2) is 12.4 Å². The first-order chi connectivity index (χ1) is 11.3. The zero-order valence-electron chi connectivity index (χ0n) is 15.7. The van der Waals surface area contributed by atoms with Crippen LogP contribution in [0.1, 0.15) is 46.4 Å². The number of ether oxygens (including phenoxy) is 1. The lowest BCUT2D eigenvalue weighted by molar-refractivity contribution is 0.0149. The summed E-state index contributed by atoms with van der Waals surface area (Å²) in [6.45, 7) is 10.4. The highest BCUT2D eigenvalue weighted by atomic mass is 16.6. The molecule has 1 aromatic heterocycles. The van der Waals surface area contributed by atoms with Crippen molar-refractivity contribution in [3.8, 4) is 0 Å². The number of aryl methyl sites for hydroxylation is 1. The number of aromatic nitrogens is 2. The van der Waals surface area contributed by atoms with Crippen LogP contribution in [0.5, 0.6) is 0 Å². The van der Waals surface area contributed by atoms with Gasteiger partial charge in [0.2, 0.25) is 0 Å². The maximum Gasteiger partial charge on any atom is 0.410 e. The van der Waals surface area contributed by atoms with Gasteiger partial charge in [-0.1, -0.05) is 0 Å². The molecule has 0 radical (unpaired) electrons. The van der Waals surface area contributed by atoms with E-state index in [-0.39, 0.29) is 6.09 Å². The number of carbonyl (C=O) groups excluding carboxylic acids is 1. The minimum Gasteiger partial charge on any atom is -0.444 e. The molecule has 0 spiro atoms. The molecular formula is C18H32N4O2. The topological polar surface area (TPSA) is 59.4 Å². The summed E-state index contributed by atoms with van der Waals surface area (Å²) < 4.78 is 7.56. The first-order valence-electron chi connectivity index (χ1n) is 8.94. The van der Waals surface area contributed by atoms with Crippen LogP contribution in [0.25, 0.3) is 0 Å². The fraction of sp³-hybridized carbons (Fsp3) is 0.778. The lowest BCUT2D eigenvalue weighted by atomic mass is 9.91. The SMILES string of the molecule is CC(NCCc1nccn1C)C1CCCN(C(=O)OC(C)(C)C)C1. The van der Waals surface area contributed by atoms with Gasteiger partial charge < -0.3 is 19.5 Å². The third-order valence-electron chi connectivity index (χ3n) is 4.55. The Labute approximate surface area is 145 Å². The van der Waals surface area contributed by atoms with E-state index in [9.17, 15) is 4.79 Å². The lowest BCUT2D eigenvalue weighted by Crippen LogP contribution is -2.48. The first-order valence-corrected chi connectivity index (χ1v) is 8.94. The van der Waals surface area contributed by atoms with Gasteiger partial charge in [0, 0.05) is 51.5 Å². The van der Waals surface area contributed by atoms with Crippen molar-refractivity contribution in [3.05, 3.63) is 18.2 Å². The maximum atomic E-state index is 12.3. The van der Waals surface area contributed by atoms with Crippen LogP contribution in [0.4, 0.5) is 4.79 Å². The summed E-state index contributed by atoms with van der Waals surface area (Å²) in [4.78, 5) is 18.5. The molecule has 0 aliphatic carbocycles. The zero-order valence-corrected chi connectivity index (χ0v) is 15.7. The monoisotopic (exact) mass is 336 g/mol. The molecule has 2 atom stereocenters. The number of nitrogens with zero attached hydrogens (tertiary/aromatic N) is 3. The highest BCUT2D eigenvalue weighted by Gasteiger charge is 2.29. The van der Waals surface area contributed by atoms with E-state index in [0.717, 1.165) is 44.7 Å². The van der Waals surface area contributed by atoms with Gasteiger partial charge in [0.15, 0.2) is 0 Å². The van der Waals surface area contributed by atoms with Gasteiger partial charge in [-0.15, -0.1) is 0 Å². The van der Waals surface area contributed by atoms with Gasteiger partial charge in [0.25, 0.3) is 0 Å². The van der Waals surface area contributed by atoms with E-state index < -0.39 is 5.60 Å². The highest BCUT2D eigenvalue weighted by molar-refractivity contribution is 5.68. The van der Waals surface area contributed by atoms with E-state index in [1.165, 1.54) is 0 Å². The summed E-state index contributed by atoms with van der Waals surface area (Å²) in [5.41, 5.74) is -0.435. The Hall–Kier alpha value is -1.56. The Bertz CT molecular complexity index is 535. The Morgan fingerprint density at radius 3 is 2.88 bits per heavy atom. The smallest absolute Gasteiger partial charge is 0.410 e. The van der Waals surface area contributed by atoms with Gasteiger partial charge >= 0.3 is 6.09 Å². The van der Waals surface area contributed by atoms with Crippen LogP contribution in [-0.4, -0.2) is 51.8 Å². The van der Waals surface area contributed by atoms with Crippen LogP contribution in [0, 0.1) is 5.92 Å². The average Bonchev–Trinajstić information content (AvgIpc) is 2.91. The number of rotatable bonds is 5. The molecule has 1 fully saturated rings. The van der Waals surface area contributed by atoms with Crippen LogP contribution < -0.4 is 5.32 Å². The van der Waals surface area contributed by atoms with Crippen LogP contribution in [0.3, 0.4) is 0 Å². The molecule has 1 amide bonds. The quantitative estimate of drug-likeness (QED) is 0.898. The van der Waals surface area contributed by atoms with Crippen molar-refractivity contribution < 1.29 is 9.53 Å². The molecule has 6 nitrogen and oxygen atoms in total. The molecule has 1 N–H and O–H groups in total. The van der Waals surface area contributed by atoms with Crippen molar-refractivity contribution in [2.75, 3.05) is 19.6 Å². The van der Waals surface area contributed by atoms with Crippen molar-refractivity contribution in [1.82, 2.24) is 19.8 Å². The van der Waals surface area contributed by atoms with Crippen molar-refractivity contribution in [2.45, 2.75) is 58.6 Å². The normalized spacial score (nSPS) is 20.0. The summed E-state index contributed by atoms with van der Waals surface area (Å²) in [6.07, 6.45) is 6.71. The lowest BCUT2D eigenvalue weighted by Gasteiger charge is -2.36.